The van der Waals surface area contributed by atoms with Gasteiger partial charge < -0.3 is 4.74 Å². The second kappa shape index (κ2) is 5.98. The lowest BCUT2D eigenvalue weighted by atomic mass is 10.2. The van der Waals surface area contributed by atoms with Crippen molar-refractivity contribution in [1.82, 2.24) is 15.2 Å². The lowest BCUT2D eigenvalue weighted by molar-refractivity contribution is 0.102. The van der Waals surface area contributed by atoms with Crippen molar-refractivity contribution in [3.8, 4) is 10.9 Å². The molecule has 2 aromatic heterocycles. The zero-order valence-electron chi connectivity index (χ0n) is 10.9. The van der Waals surface area contributed by atoms with E-state index in [0.717, 1.165) is 5.01 Å². The van der Waals surface area contributed by atoms with Crippen molar-refractivity contribution in [1.29, 1.82) is 0 Å². The molecule has 1 N–H and O–H groups in total. The van der Waals surface area contributed by atoms with E-state index in [0.29, 0.717) is 21.6 Å². The number of ether oxygens (including phenoxy) is 1. The van der Waals surface area contributed by atoms with Crippen LogP contribution in [0, 0.1) is 6.92 Å². The molecule has 0 aliphatic carbocycles. The summed E-state index contributed by atoms with van der Waals surface area (Å²) < 4.78 is 5.53. The molecule has 1 amide bonds. The highest BCUT2D eigenvalue weighted by Gasteiger charge is 2.09. The molecule has 0 unspecified atom stereocenters. The first kappa shape index (κ1) is 13.7. The molecule has 0 atom stereocenters. The first-order valence-corrected chi connectivity index (χ1v) is 7.69. The van der Waals surface area contributed by atoms with E-state index in [1.165, 1.54) is 22.7 Å². The van der Waals surface area contributed by atoms with Gasteiger partial charge in [-0.05, 0) is 31.2 Å². The molecule has 8 heteroatoms. The molecule has 0 saturated heterocycles. The number of hydrogen-bond acceptors (Lipinski definition) is 7. The normalized spacial score (nSPS) is 10.3. The van der Waals surface area contributed by atoms with Crippen LogP contribution in [-0.4, -0.2) is 21.1 Å². The third-order valence-electron chi connectivity index (χ3n) is 2.48. The Morgan fingerprint density at radius 1 is 1.24 bits per heavy atom. The molecule has 3 aromatic rings. The number of carbonyl (C=O) groups excluding carboxylic acids is 1. The first-order chi connectivity index (χ1) is 10.2. The number of carbonyl (C=O) groups is 1. The second-order valence-corrected chi connectivity index (χ2v) is 6.04. The van der Waals surface area contributed by atoms with Crippen molar-refractivity contribution in [3.05, 3.63) is 46.4 Å². The second-order valence-electron chi connectivity index (χ2n) is 4.00. The van der Waals surface area contributed by atoms with Crippen molar-refractivity contribution in [3.63, 3.8) is 0 Å². The summed E-state index contributed by atoms with van der Waals surface area (Å²) in [7, 11) is 0. The summed E-state index contributed by atoms with van der Waals surface area (Å²) in [5.41, 5.74) is 0.523. The first-order valence-electron chi connectivity index (χ1n) is 5.99. The van der Waals surface area contributed by atoms with Crippen LogP contribution in [0.3, 0.4) is 0 Å². The average Bonchev–Trinajstić information content (AvgIpc) is 3.12. The van der Waals surface area contributed by atoms with Crippen LogP contribution in [0.4, 0.5) is 5.13 Å². The van der Waals surface area contributed by atoms with Crippen LogP contribution in [0.1, 0.15) is 15.4 Å². The van der Waals surface area contributed by atoms with Gasteiger partial charge >= 0.3 is 0 Å². The third kappa shape index (κ3) is 3.41. The fourth-order valence-electron chi connectivity index (χ4n) is 1.55. The Kier molecular flexibility index (Phi) is 3.89. The van der Waals surface area contributed by atoms with Gasteiger partial charge in [-0.15, -0.1) is 10.2 Å². The predicted octanol–water partition coefficient (Wildman–Crippen LogP) is 3.35. The van der Waals surface area contributed by atoms with Gasteiger partial charge in [0.15, 0.2) is 0 Å². The number of nitrogens with one attached hydrogen (secondary N) is 1. The maximum Gasteiger partial charge on any atom is 0.278 e. The van der Waals surface area contributed by atoms with Gasteiger partial charge in [0, 0.05) is 17.1 Å². The average molecular weight is 318 g/mol. The highest BCUT2D eigenvalue weighted by molar-refractivity contribution is 7.15. The van der Waals surface area contributed by atoms with Crippen molar-refractivity contribution in [2.75, 3.05) is 5.32 Å². The molecule has 106 valence electrons. The van der Waals surface area contributed by atoms with Gasteiger partial charge in [0.2, 0.25) is 5.13 Å². The van der Waals surface area contributed by atoms with Crippen LogP contribution in [0.5, 0.6) is 10.9 Å². The maximum atomic E-state index is 12.0. The number of rotatable bonds is 4. The Hall–Kier alpha value is -2.32. The summed E-state index contributed by atoms with van der Waals surface area (Å²) in [6.45, 7) is 1.83. The van der Waals surface area contributed by atoms with Crippen LogP contribution in [0.25, 0.3) is 0 Å². The highest BCUT2D eigenvalue weighted by Crippen LogP contribution is 2.23. The van der Waals surface area contributed by atoms with Crippen LogP contribution < -0.4 is 10.1 Å². The Morgan fingerprint density at radius 2 is 2.05 bits per heavy atom. The Morgan fingerprint density at radius 3 is 2.67 bits per heavy atom. The van der Waals surface area contributed by atoms with Crippen molar-refractivity contribution in [2.45, 2.75) is 6.92 Å². The lowest BCUT2D eigenvalue weighted by Gasteiger charge is -2.04. The summed E-state index contributed by atoms with van der Waals surface area (Å²) >= 11 is 2.74. The minimum atomic E-state index is -0.230. The molecule has 0 bridgehead atoms. The largest absolute Gasteiger partial charge is 0.431 e. The van der Waals surface area contributed by atoms with Gasteiger partial charge in [-0.3, -0.25) is 10.1 Å². The van der Waals surface area contributed by atoms with Gasteiger partial charge in [0.05, 0.1) is 0 Å². The van der Waals surface area contributed by atoms with E-state index in [2.05, 4.69) is 20.5 Å². The number of nitrogens with zero attached hydrogens (tertiary/aromatic N) is 3. The van der Waals surface area contributed by atoms with E-state index in [4.69, 9.17) is 4.74 Å². The number of aromatic nitrogens is 3. The highest BCUT2D eigenvalue weighted by atomic mass is 32.1. The number of anilines is 1. The summed E-state index contributed by atoms with van der Waals surface area (Å²) in [6, 6.07) is 6.82. The molecule has 6 nitrogen and oxygen atoms in total. The smallest absolute Gasteiger partial charge is 0.278 e. The fraction of sp³-hybridized carbons (Fsp3) is 0.0769. The molecule has 0 spiro atoms. The monoisotopic (exact) mass is 318 g/mol. The molecular formula is C13H10N4O2S2. The standard InChI is InChI=1S/C13H10N4O2S2/c1-8-16-17-12(21-8)15-11(18)9-2-4-10(5-3-9)19-13-14-6-7-20-13/h2-7H,1H3,(H,15,17,18). The van der Waals surface area contributed by atoms with E-state index < -0.39 is 0 Å². The van der Waals surface area contributed by atoms with E-state index in [-0.39, 0.29) is 5.91 Å². The molecule has 0 saturated carbocycles. The van der Waals surface area contributed by atoms with Crippen molar-refractivity contribution >= 4 is 33.7 Å². The van der Waals surface area contributed by atoms with Gasteiger partial charge in [-0.25, -0.2) is 4.98 Å². The number of amides is 1. The Balaban J connectivity index is 1.67. The topological polar surface area (TPSA) is 77.0 Å². The molecule has 1 aromatic carbocycles. The summed E-state index contributed by atoms with van der Waals surface area (Å²) in [4.78, 5) is 16.1. The maximum absolute atomic E-state index is 12.0. The molecule has 0 radical (unpaired) electrons. The molecule has 0 aliphatic heterocycles. The number of hydrogen-bond donors (Lipinski definition) is 1. The van der Waals surface area contributed by atoms with Crippen LogP contribution in [-0.2, 0) is 0 Å². The number of aryl methyl sites for hydroxylation is 1. The van der Waals surface area contributed by atoms with E-state index in [1.54, 1.807) is 30.5 Å². The Bertz CT molecular complexity index is 738. The van der Waals surface area contributed by atoms with Gasteiger partial charge in [-0.2, -0.15) is 0 Å². The fourth-order valence-corrected chi connectivity index (χ4v) is 2.64. The predicted molar refractivity (Wildman–Crippen MR) is 81.2 cm³/mol. The third-order valence-corrected chi connectivity index (χ3v) is 3.88. The summed E-state index contributed by atoms with van der Waals surface area (Å²) in [6.07, 6.45) is 1.67. The number of thiazole rings is 1. The molecule has 0 aliphatic rings. The molecule has 2 heterocycles. The molecule has 3 rings (SSSR count). The minimum absolute atomic E-state index is 0.230. The number of benzene rings is 1. The Labute approximate surface area is 128 Å². The van der Waals surface area contributed by atoms with Crippen LogP contribution in [0.15, 0.2) is 35.8 Å². The minimum Gasteiger partial charge on any atom is -0.431 e. The molecular weight excluding hydrogens is 308 g/mol. The van der Waals surface area contributed by atoms with Crippen LogP contribution in [0.2, 0.25) is 0 Å². The van der Waals surface area contributed by atoms with E-state index >= 15 is 0 Å². The zero-order valence-corrected chi connectivity index (χ0v) is 12.6. The molecule has 21 heavy (non-hydrogen) atoms. The van der Waals surface area contributed by atoms with Gasteiger partial charge in [-0.1, -0.05) is 22.7 Å². The summed E-state index contributed by atoms with van der Waals surface area (Å²) in [5.74, 6) is 0.403. The van der Waals surface area contributed by atoms with E-state index in [1.807, 2.05) is 12.3 Å². The zero-order chi connectivity index (χ0) is 14.7. The SMILES string of the molecule is Cc1nnc(NC(=O)c2ccc(Oc3nccs3)cc2)s1. The molecule has 0 fully saturated rings. The van der Waals surface area contributed by atoms with E-state index in [9.17, 15) is 4.79 Å². The lowest BCUT2D eigenvalue weighted by Crippen LogP contribution is -2.11. The van der Waals surface area contributed by atoms with Gasteiger partial charge in [0.1, 0.15) is 10.8 Å². The van der Waals surface area contributed by atoms with Crippen molar-refractivity contribution < 1.29 is 9.53 Å². The van der Waals surface area contributed by atoms with Crippen molar-refractivity contribution in [2.24, 2.45) is 0 Å². The van der Waals surface area contributed by atoms with Crippen LogP contribution >= 0.6 is 22.7 Å². The quantitative estimate of drug-likeness (QED) is 0.798. The summed E-state index contributed by atoms with van der Waals surface area (Å²) in [5, 5.41) is 14.1. The van der Waals surface area contributed by atoms with Gasteiger partial charge in [0.25, 0.3) is 11.1 Å².